The first-order chi connectivity index (χ1) is 8.31. The number of nitrogens with zero attached hydrogens (tertiary/aromatic N) is 1. The van der Waals surface area contributed by atoms with Crippen LogP contribution in [0.1, 0.15) is 16.1 Å². The van der Waals surface area contributed by atoms with Crippen LogP contribution in [0, 0.1) is 0 Å². The van der Waals surface area contributed by atoms with E-state index in [-0.39, 0.29) is 6.61 Å². The predicted octanol–water partition coefficient (Wildman–Crippen LogP) is 3.13. The zero-order valence-electron chi connectivity index (χ0n) is 8.97. The van der Waals surface area contributed by atoms with Crippen LogP contribution in [0.3, 0.4) is 0 Å². The van der Waals surface area contributed by atoms with Gasteiger partial charge in [-0.1, -0.05) is 23.7 Å². The van der Waals surface area contributed by atoms with Gasteiger partial charge >= 0.3 is 0 Å². The van der Waals surface area contributed by atoms with Crippen LogP contribution in [-0.4, -0.2) is 11.3 Å². The Morgan fingerprint density at radius 1 is 1.24 bits per heavy atom. The van der Waals surface area contributed by atoms with Crippen molar-refractivity contribution in [3.05, 3.63) is 58.9 Å². The molecule has 1 aromatic heterocycles. The molecule has 3 nitrogen and oxygen atoms in total. The second-order valence-electron chi connectivity index (χ2n) is 3.39. The minimum absolute atomic E-state index is 0.283. The lowest BCUT2D eigenvalue weighted by atomic mass is 10.2. The lowest BCUT2D eigenvalue weighted by molar-refractivity contribution is 0.111. The summed E-state index contributed by atoms with van der Waals surface area (Å²) in [5.74, 6) is 0.398. The molecule has 86 valence electrons. The van der Waals surface area contributed by atoms with Crippen LogP contribution in [0.4, 0.5) is 0 Å². The van der Waals surface area contributed by atoms with Crippen LogP contribution < -0.4 is 4.74 Å². The number of ether oxygens (including phenoxy) is 1. The lowest BCUT2D eigenvalue weighted by Crippen LogP contribution is -2.00. The van der Waals surface area contributed by atoms with Gasteiger partial charge in [-0.15, -0.1) is 0 Å². The molecule has 2 aromatic rings. The highest BCUT2D eigenvalue weighted by Gasteiger charge is 2.07. The highest BCUT2D eigenvalue weighted by Crippen LogP contribution is 2.28. The summed E-state index contributed by atoms with van der Waals surface area (Å²) in [5, 5.41) is 0.422. The van der Waals surface area contributed by atoms with E-state index in [0.717, 1.165) is 12.0 Å². The molecule has 0 aliphatic heterocycles. The monoisotopic (exact) mass is 247 g/mol. The van der Waals surface area contributed by atoms with Gasteiger partial charge in [0.1, 0.15) is 12.4 Å². The minimum atomic E-state index is 0.283. The first-order valence-corrected chi connectivity index (χ1v) is 5.45. The summed E-state index contributed by atoms with van der Waals surface area (Å²) in [7, 11) is 0. The summed E-state index contributed by atoms with van der Waals surface area (Å²) in [5.41, 5.74) is 1.22. The average molecular weight is 248 g/mol. The first-order valence-electron chi connectivity index (χ1n) is 5.07. The van der Waals surface area contributed by atoms with E-state index >= 15 is 0 Å². The number of hydrogen-bond donors (Lipinski definition) is 0. The molecule has 0 N–H and O–H groups in total. The molecule has 0 aliphatic rings. The summed E-state index contributed by atoms with van der Waals surface area (Å²) >= 11 is 5.97. The SMILES string of the molecule is O=Cc1cccc(Cl)c1OCc1ccccn1. The normalized spacial score (nSPS) is 9.94. The van der Waals surface area contributed by atoms with Crippen molar-refractivity contribution >= 4 is 17.9 Å². The number of carbonyl (C=O) groups excluding carboxylic acids is 1. The van der Waals surface area contributed by atoms with Crippen molar-refractivity contribution in [3.63, 3.8) is 0 Å². The van der Waals surface area contributed by atoms with E-state index in [1.54, 1.807) is 24.4 Å². The smallest absolute Gasteiger partial charge is 0.153 e. The van der Waals surface area contributed by atoms with Gasteiger partial charge in [0.25, 0.3) is 0 Å². The zero-order chi connectivity index (χ0) is 12.1. The van der Waals surface area contributed by atoms with E-state index in [0.29, 0.717) is 16.3 Å². The van der Waals surface area contributed by atoms with Gasteiger partial charge in [0.15, 0.2) is 6.29 Å². The van der Waals surface area contributed by atoms with Gasteiger partial charge < -0.3 is 4.74 Å². The maximum Gasteiger partial charge on any atom is 0.153 e. The highest BCUT2D eigenvalue weighted by atomic mass is 35.5. The Kier molecular flexibility index (Phi) is 3.73. The van der Waals surface area contributed by atoms with Gasteiger partial charge in [0.2, 0.25) is 0 Å². The number of aldehydes is 1. The number of benzene rings is 1. The van der Waals surface area contributed by atoms with Crippen LogP contribution in [0.15, 0.2) is 42.6 Å². The second-order valence-corrected chi connectivity index (χ2v) is 3.79. The fourth-order valence-electron chi connectivity index (χ4n) is 1.40. The van der Waals surface area contributed by atoms with Crippen LogP contribution in [0.2, 0.25) is 5.02 Å². The molecule has 4 heteroatoms. The van der Waals surface area contributed by atoms with Crippen LogP contribution >= 0.6 is 11.6 Å². The molecule has 0 fully saturated rings. The second kappa shape index (κ2) is 5.46. The first kappa shape index (κ1) is 11.6. The fraction of sp³-hybridized carbons (Fsp3) is 0.0769. The molecule has 1 heterocycles. The number of carbonyl (C=O) groups is 1. The summed E-state index contributed by atoms with van der Waals surface area (Å²) < 4.78 is 5.52. The van der Waals surface area contributed by atoms with Crippen molar-refractivity contribution < 1.29 is 9.53 Å². The molecule has 0 unspecified atom stereocenters. The Labute approximate surface area is 104 Å². The third-order valence-corrected chi connectivity index (χ3v) is 2.51. The largest absolute Gasteiger partial charge is 0.485 e. The van der Waals surface area contributed by atoms with Gasteiger partial charge in [-0.25, -0.2) is 0 Å². The van der Waals surface area contributed by atoms with E-state index < -0.39 is 0 Å². The molecule has 17 heavy (non-hydrogen) atoms. The Bertz CT molecular complexity index is 514. The maximum atomic E-state index is 10.8. The molecular formula is C13H10ClNO2. The molecule has 0 bridgehead atoms. The Morgan fingerprint density at radius 2 is 2.12 bits per heavy atom. The predicted molar refractivity (Wildman–Crippen MR) is 65.4 cm³/mol. The van der Waals surface area contributed by atoms with Crippen LogP contribution in [0.5, 0.6) is 5.75 Å². The molecule has 1 aromatic carbocycles. The van der Waals surface area contributed by atoms with E-state index in [9.17, 15) is 4.79 Å². The maximum absolute atomic E-state index is 10.8. The summed E-state index contributed by atoms with van der Waals surface area (Å²) in [6.45, 7) is 0.283. The van der Waals surface area contributed by atoms with Crippen molar-refractivity contribution in [2.24, 2.45) is 0 Å². The van der Waals surface area contributed by atoms with Crippen molar-refractivity contribution in [3.8, 4) is 5.75 Å². The van der Waals surface area contributed by atoms with E-state index in [4.69, 9.17) is 16.3 Å². The Hall–Kier alpha value is -1.87. The summed E-state index contributed by atoms with van der Waals surface area (Å²) in [6, 6.07) is 10.6. The van der Waals surface area contributed by atoms with Gasteiger partial charge in [-0.2, -0.15) is 0 Å². The van der Waals surface area contributed by atoms with Crippen LogP contribution in [0.25, 0.3) is 0 Å². The number of para-hydroxylation sites is 1. The van der Waals surface area contributed by atoms with Gasteiger partial charge in [-0.3, -0.25) is 9.78 Å². The van der Waals surface area contributed by atoms with E-state index in [1.807, 2.05) is 18.2 Å². The highest BCUT2D eigenvalue weighted by molar-refractivity contribution is 6.32. The fourth-order valence-corrected chi connectivity index (χ4v) is 1.64. The minimum Gasteiger partial charge on any atom is -0.485 e. The molecule has 0 atom stereocenters. The quantitative estimate of drug-likeness (QED) is 0.780. The summed E-state index contributed by atoms with van der Waals surface area (Å²) in [6.07, 6.45) is 2.41. The lowest BCUT2D eigenvalue weighted by Gasteiger charge is -2.09. The van der Waals surface area contributed by atoms with Gasteiger partial charge in [0, 0.05) is 6.20 Å². The van der Waals surface area contributed by atoms with Crippen LogP contribution in [-0.2, 0) is 6.61 Å². The molecule has 0 spiro atoms. The topological polar surface area (TPSA) is 39.2 Å². The number of rotatable bonds is 4. The zero-order valence-corrected chi connectivity index (χ0v) is 9.72. The average Bonchev–Trinajstić information content (AvgIpc) is 2.38. The molecule has 0 radical (unpaired) electrons. The number of hydrogen-bond acceptors (Lipinski definition) is 3. The number of halogens is 1. The van der Waals surface area contributed by atoms with Gasteiger partial charge in [-0.05, 0) is 24.3 Å². The standard InChI is InChI=1S/C13H10ClNO2/c14-12-6-3-4-10(8-16)13(12)17-9-11-5-1-2-7-15-11/h1-8H,9H2. The molecular weight excluding hydrogens is 238 g/mol. The molecule has 0 saturated carbocycles. The molecule has 0 amide bonds. The third-order valence-electron chi connectivity index (χ3n) is 2.21. The van der Waals surface area contributed by atoms with E-state index in [1.165, 1.54) is 0 Å². The number of pyridine rings is 1. The molecule has 2 rings (SSSR count). The third kappa shape index (κ3) is 2.82. The van der Waals surface area contributed by atoms with Crippen molar-refractivity contribution in [2.75, 3.05) is 0 Å². The molecule has 0 saturated heterocycles. The van der Waals surface area contributed by atoms with Crippen molar-refractivity contribution in [1.82, 2.24) is 4.98 Å². The molecule has 0 aliphatic carbocycles. The Morgan fingerprint density at radius 3 is 2.82 bits per heavy atom. The van der Waals surface area contributed by atoms with Crippen molar-refractivity contribution in [1.29, 1.82) is 0 Å². The number of aromatic nitrogens is 1. The van der Waals surface area contributed by atoms with E-state index in [2.05, 4.69) is 4.98 Å². The summed E-state index contributed by atoms with van der Waals surface area (Å²) in [4.78, 5) is 15.0. The Balaban J connectivity index is 2.16. The van der Waals surface area contributed by atoms with Gasteiger partial charge in [0.05, 0.1) is 16.3 Å². The van der Waals surface area contributed by atoms with Crippen molar-refractivity contribution in [2.45, 2.75) is 6.61 Å².